The van der Waals surface area contributed by atoms with Crippen molar-refractivity contribution in [2.45, 2.75) is 136 Å². The summed E-state index contributed by atoms with van der Waals surface area (Å²) in [5, 5.41) is 23.5. The maximum absolute atomic E-state index is 13.0. The zero-order valence-corrected chi connectivity index (χ0v) is 30.4. The van der Waals surface area contributed by atoms with Crippen LogP contribution in [0.3, 0.4) is 0 Å². The van der Waals surface area contributed by atoms with Gasteiger partial charge in [0.25, 0.3) is 0 Å². The van der Waals surface area contributed by atoms with Crippen molar-refractivity contribution in [1.82, 2.24) is 19.5 Å². The van der Waals surface area contributed by atoms with Crippen LogP contribution in [0.4, 0.5) is 5.82 Å². The molecule has 4 atom stereocenters. The summed E-state index contributed by atoms with van der Waals surface area (Å²) in [6, 6.07) is 0. The van der Waals surface area contributed by atoms with Crippen molar-refractivity contribution in [2.24, 2.45) is 0 Å². The van der Waals surface area contributed by atoms with Crippen molar-refractivity contribution in [1.29, 1.82) is 0 Å². The molecule has 1 saturated heterocycles. The van der Waals surface area contributed by atoms with Gasteiger partial charge < -0.3 is 0 Å². The van der Waals surface area contributed by atoms with Crippen molar-refractivity contribution in [2.75, 3.05) is 12.3 Å². The number of unbranched alkanes of at least 4 members (excludes halogenated alkanes) is 3. The van der Waals surface area contributed by atoms with Crippen LogP contribution in [0.2, 0.25) is 31.4 Å². The van der Waals surface area contributed by atoms with Gasteiger partial charge in [-0.2, -0.15) is 0 Å². The van der Waals surface area contributed by atoms with Crippen LogP contribution in [0.25, 0.3) is 16.7 Å². The van der Waals surface area contributed by atoms with E-state index in [4.69, 9.17) is 19.9 Å². The number of imidazole rings is 1. The third-order valence-electron chi connectivity index (χ3n) is 9.85. The third-order valence-corrected chi connectivity index (χ3v) is 28.4. The Bertz CT molecular complexity index is 1220. The van der Waals surface area contributed by atoms with E-state index >= 15 is 0 Å². The number of rotatable bonds is 13. The topological polar surface area (TPSA) is 129 Å². The molecule has 2 bridgehead atoms. The Morgan fingerprint density at radius 1 is 1.10 bits per heavy atom. The molecule has 230 valence electrons. The van der Waals surface area contributed by atoms with Crippen LogP contribution in [0, 0.1) is 0 Å². The van der Waals surface area contributed by atoms with Gasteiger partial charge in [0, 0.05) is 0 Å². The first-order valence-corrected chi connectivity index (χ1v) is 26.3. The van der Waals surface area contributed by atoms with E-state index in [1.165, 1.54) is 38.9 Å². The van der Waals surface area contributed by atoms with Gasteiger partial charge in [-0.25, -0.2) is 0 Å². The van der Waals surface area contributed by atoms with Crippen molar-refractivity contribution in [3.8, 4) is 0 Å². The van der Waals surface area contributed by atoms with Crippen LogP contribution < -0.4 is 5.73 Å². The Labute approximate surface area is 251 Å². The second kappa shape index (κ2) is 12.5. The molecule has 41 heavy (non-hydrogen) atoms. The van der Waals surface area contributed by atoms with Crippen molar-refractivity contribution >= 4 is 49.2 Å². The van der Waals surface area contributed by atoms with Crippen molar-refractivity contribution < 1.29 is 19.4 Å². The summed E-state index contributed by atoms with van der Waals surface area (Å²) in [7, 11) is -2.38. The Kier molecular flexibility index (Phi) is 10.0. The molecule has 0 aliphatic carbocycles. The summed E-state index contributed by atoms with van der Waals surface area (Å²) < 4.78 is 21.8. The molecule has 4 heterocycles. The van der Waals surface area contributed by atoms with E-state index in [0.29, 0.717) is 22.8 Å². The average Bonchev–Trinajstić information content (AvgIpc) is 3.40. The molecule has 0 saturated carbocycles. The van der Waals surface area contributed by atoms with Gasteiger partial charge in [-0.05, 0) is 0 Å². The van der Waals surface area contributed by atoms with Gasteiger partial charge in [-0.1, -0.05) is 0 Å². The summed E-state index contributed by atoms with van der Waals surface area (Å²) in [5.41, 5.74) is 6.61. The fourth-order valence-corrected chi connectivity index (χ4v) is 22.8. The molecule has 2 aromatic rings. The number of nitrogens with two attached hydrogens (primary N) is 1. The van der Waals surface area contributed by atoms with E-state index in [2.05, 4.69) is 68.7 Å². The monoisotopic (exact) mass is 695 g/mol. The molecule has 9 nitrogen and oxygen atoms in total. The van der Waals surface area contributed by atoms with Crippen LogP contribution in [0.15, 0.2) is 10.4 Å². The first kappa shape index (κ1) is 32.9. The molecule has 11 heteroatoms. The molecular formula is C30H53N5O4SiSn. The molecule has 0 unspecified atom stereocenters. The van der Waals surface area contributed by atoms with Gasteiger partial charge in [0.1, 0.15) is 0 Å². The zero-order valence-electron chi connectivity index (χ0n) is 26.5. The Morgan fingerprint density at radius 3 is 2.20 bits per heavy atom. The number of aliphatic hydroxyl groups is 2. The summed E-state index contributed by atoms with van der Waals surface area (Å²) in [4.78, 5) is 13.8. The molecule has 0 spiro atoms. The maximum atomic E-state index is 13.0. The van der Waals surface area contributed by atoms with Gasteiger partial charge in [-0.3, -0.25) is 0 Å². The second-order valence-corrected chi connectivity index (χ2v) is 31.4. The standard InChI is InChI=1S/C18H26N5O4Si.3C4H9.Sn/c1-9-14-22-11-13(19)20-8-21-15(11)23(14)16-12(18(9,25)10(7-24)26-16)27-28(5,6)17(2,3)4;3*1-3-4-2;/h1,8,10,12,16,24-25H,7H2,2-6H3,(H2,19,20,21);3*1,3-4H2,2H3;/t10-,12+,16-,18-;;;;/m1..../s1. The predicted molar refractivity (Wildman–Crippen MR) is 171 cm³/mol. The van der Waals surface area contributed by atoms with Gasteiger partial charge in [0.05, 0.1) is 0 Å². The molecule has 0 radical (unpaired) electrons. The summed E-state index contributed by atoms with van der Waals surface area (Å²) in [6.45, 7) is 17.5. The van der Waals surface area contributed by atoms with Gasteiger partial charge in [0.2, 0.25) is 0 Å². The molecule has 0 aromatic carbocycles. The summed E-state index contributed by atoms with van der Waals surface area (Å²) >= 11 is -3.04. The normalized spacial score (nSPS) is 25.8. The van der Waals surface area contributed by atoms with Crippen LogP contribution in [-0.2, 0) is 9.16 Å². The molecule has 1 fully saturated rings. The number of hydrogen-bond acceptors (Lipinski definition) is 8. The van der Waals surface area contributed by atoms with Gasteiger partial charge in [-0.15, -0.1) is 0 Å². The zero-order chi connectivity index (χ0) is 30.2. The number of aromatic nitrogens is 4. The van der Waals surface area contributed by atoms with E-state index in [1.54, 1.807) is 0 Å². The molecule has 2 aliphatic heterocycles. The Hall–Kier alpha value is -1.05. The molecule has 2 aliphatic rings. The number of hydrogen-bond donors (Lipinski definition) is 3. The first-order valence-electron chi connectivity index (χ1n) is 15.7. The number of aliphatic hydroxyl groups excluding tert-OH is 1. The summed E-state index contributed by atoms with van der Waals surface area (Å²) in [5.74, 6) is 0.939. The SMILES string of the molecule is CCC[CH2][Sn](/[CH]=C1\c2nc3c(N)ncnc3n2[C@@H]2O[C@H](CO)[C@@]1(O)[C@H]2O[Si](C)(C)C(C)(C)C)([CH2]CCC)[CH2]CCC. The minimum atomic E-state index is -3.04. The van der Waals surface area contributed by atoms with Crippen LogP contribution >= 0.6 is 0 Å². The van der Waals surface area contributed by atoms with Gasteiger partial charge in [0.15, 0.2) is 0 Å². The molecule has 4 N–H and O–H groups in total. The molecule has 0 amide bonds. The number of anilines is 1. The molecular weight excluding hydrogens is 641 g/mol. The van der Waals surface area contributed by atoms with E-state index < -0.39 is 50.7 Å². The average molecular weight is 695 g/mol. The van der Waals surface area contributed by atoms with Crippen molar-refractivity contribution in [3.63, 3.8) is 0 Å². The number of nitrogen functional groups attached to an aromatic ring is 1. The van der Waals surface area contributed by atoms with E-state index in [-0.39, 0.29) is 11.6 Å². The fourth-order valence-electron chi connectivity index (χ4n) is 6.29. The van der Waals surface area contributed by atoms with E-state index in [0.717, 1.165) is 24.8 Å². The Morgan fingerprint density at radius 2 is 1.68 bits per heavy atom. The number of nitrogens with zero attached hydrogens (tertiary/aromatic N) is 4. The number of ether oxygens (including phenoxy) is 1. The Balaban J connectivity index is 2.04. The summed E-state index contributed by atoms with van der Waals surface area (Å²) in [6.07, 6.45) is 6.23. The van der Waals surface area contributed by atoms with E-state index in [1.807, 2.05) is 4.57 Å². The molecule has 2 aromatic heterocycles. The second-order valence-electron chi connectivity index (χ2n) is 13.8. The third kappa shape index (κ3) is 5.90. The first-order chi connectivity index (χ1) is 19.3. The van der Waals surface area contributed by atoms with Crippen molar-refractivity contribution in [3.05, 3.63) is 16.2 Å². The fraction of sp³-hybridized carbons (Fsp3) is 0.767. The quantitative estimate of drug-likeness (QED) is 0.212. The van der Waals surface area contributed by atoms with Crippen LogP contribution in [0.1, 0.15) is 92.1 Å². The van der Waals surface area contributed by atoms with E-state index in [9.17, 15) is 10.2 Å². The number of fused-ring (bicyclic) bond motifs is 6. The minimum absolute atomic E-state index is 0.0857. The van der Waals surface area contributed by atoms with Crippen LogP contribution in [-0.4, -0.2) is 80.8 Å². The molecule has 4 rings (SSSR count). The predicted octanol–water partition coefficient (Wildman–Crippen LogP) is 6.21. The van der Waals surface area contributed by atoms with Crippen LogP contribution in [0.5, 0.6) is 0 Å². The van der Waals surface area contributed by atoms with Gasteiger partial charge >= 0.3 is 252 Å².